The van der Waals surface area contributed by atoms with Crippen molar-refractivity contribution in [3.63, 3.8) is 0 Å². The molecule has 1 N–H and O–H groups in total. The van der Waals surface area contributed by atoms with Gasteiger partial charge in [0.25, 0.3) is 0 Å². The predicted octanol–water partition coefficient (Wildman–Crippen LogP) is 9.34. The standard InChI is InChI=1S/C48H46NO9/c1-50-43-25-19-40(20-26-43)46(53-31-37-13-7-4-8-14-37)34-56-49(57-35-47(41-21-27-44(51-2)28-22-41)54-32-38-15-9-5-10-16-38)58-36-48(42-23-29-45(52-3)30-24-42)55-33-39-17-11-6-12-18-39/h4-30,34-36,49H,31-33H2,1-3H3/q+1. The molecule has 0 fully saturated rings. The molecule has 0 atom stereocenters. The minimum Gasteiger partial charge on any atom is -0.497 e. The molecule has 10 nitrogen and oxygen atoms in total. The van der Waals surface area contributed by atoms with E-state index in [4.69, 9.17) is 42.9 Å². The molecule has 6 rings (SSSR count). The highest BCUT2D eigenvalue weighted by Gasteiger charge is 2.17. The molecule has 0 unspecified atom stereocenters. The second-order valence-corrected chi connectivity index (χ2v) is 12.6. The van der Waals surface area contributed by atoms with E-state index in [-0.39, 0.29) is 25.2 Å². The van der Waals surface area contributed by atoms with E-state index in [0.29, 0.717) is 34.5 Å². The van der Waals surface area contributed by atoms with Gasteiger partial charge >= 0.3 is 0 Å². The molecule has 0 aliphatic rings. The molecule has 0 spiro atoms. The van der Waals surface area contributed by atoms with Crippen molar-refractivity contribution in [1.82, 2.24) is 0 Å². The van der Waals surface area contributed by atoms with Gasteiger partial charge in [0.15, 0.2) is 17.3 Å². The van der Waals surface area contributed by atoms with Crippen LogP contribution in [-0.2, 0) is 48.5 Å². The first-order valence-electron chi connectivity index (χ1n) is 18.5. The Hall–Kier alpha value is -7.30. The van der Waals surface area contributed by atoms with Crippen LogP contribution in [0.15, 0.2) is 183 Å². The summed E-state index contributed by atoms with van der Waals surface area (Å²) in [5.74, 6) is 3.33. The minimum atomic E-state index is -0.266. The van der Waals surface area contributed by atoms with Crippen molar-refractivity contribution in [2.45, 2.75) is 19.8 Å². The number of hydrogen-bond donors (Lipinski definition) is 1. The maximum absolute atomic E-state index is 6.31. The molecule has 0 radical (unpaired) electrons. The number of hydrogen-bond acceptors (Lipinski definition) is 9. The van der Waals surface area contributed by atoms with Crippen LogP contribution in [0.25, 0.3) is 17.3 Å². The fraction of sp³-hybridized carbons (Fsp3) is 0.125. The molecule has 10 heteroatoms. The lowest BCUT2D eigenvalue weighted by Crippen LogP contribution is -3.07. The van der Waals surface area contributed by atoms with Gasteiger partial charge in [-0.05, 0) is 89.5 Å². The molecule has 0 aliphatic carbocycles. The Morgan fingerprint density at radius 2 is 0.621 bits per heavy atom. The topological polar surface area (TPSA) is 87.5 Å². The lowest BCUT2D eigenvalue weighted by molar-refractivity contribution is -1.35. The predicted molar refractivity (Wildman–Crippen MR) is 221 cm³/mol. The zero-order valence-electron chi connectivity index (χ0n) is 32.6. The highest BCUT2D eigenvalue weighted by molar-refractivity contribution is 5.61. The van der Waals surface area contributed by atoms with Crippen molar-refractivity contribution in [2.24, 2.45) is 0 Å². The lowest BCUT2D eigenvalue weighted by Gasteiger charge is -2.16. The van der Waals surface area contributed by atoms with Crippen molar-refractivity contribution in [3.8, 4) is 17.2 Å². The van der Waals surface area contributed by atoms with Gasteiger partial charge < -0.3 is 28.4 Å². The Morgan fingerprint density at radius 1 is 0.362 bits per heavy atom. The third-order valence-corrected chi connectivity index (χ3v) is 8.62. The van der Waals surface area contributed by atoms with Gasteiger partial charge in [-0.15, -0.1) is 0 Å². The first kappa shape index (κ1) is 40.4. The van der Waals surface area contributed by atoms with Gasteiger partial charge in [-0.1, -0.05) is 91.0 Å². The first-order chi connectivity index (χ1) is 28.6. The van der Waals surface area contributed by atoms with Crippen molar-refractivity contribution >= 4 is 17.3 Å². The highest BCUT2D eigenvalue weighted by atomic mass is 17.2. The van der Waals surface area contributed by atoms with Gasteiger partial charge in [0, 0.05) is 16.7 Å². The summed E-state index contributed by atoms with van der Waals surface area (Å²) in [6.07, 6.45) is 4.28. The van der Waals surface area contributed by atoms with Crippen LogP contribution >= 0.6 is 0 Å². The normalized spacial score (nSPS) is 12.2. The van der Waals surface area contributed by atoms with E-state index >= 15 is 0 Å². The SMILES string of the molecule is COc1ccc(C(=CO[NH+](OC=C(OCc2ccccc2)c2ccc(OC)cc2)OC=C(OCc2ccccc2)c2ccc(OC)cc2)OCc2ccccc2)cc1. The Labute approximate surface area is 339 Å². The van der Waals surface area contributed by atoms with Crippen LogP contribution in [0, 0.1) is 0 Å². The van der Waals surface area contributed by atoms with Gasteiger partial charge in [0.1, 0.15) is 37.1 Å². The summed E-state index contributed by atoms with van der Waals surface area (Å²) in [6, 6.07) is 51.8. The molecular formula is C48H46NO9+. The lowest BCUT2D eigenvalue weighted by atomic mass is 10.2. The number of nitrogens with one attached hydrogen (secondary N) is 1. The summed E-state index contributed by atoms with van der Waals surface area (Å²) in [5.41, 5.74) is 5.13. The summed E-state index contributed by atoms with van der Waals surface area (Å²) in [4.78, 5) is 18.6. The molecule has 0 saturated heterocycles. The Kier molecular flexibility index (Phi) is 15.1. The molecule has 6 aromatic carbocycles. The van der Waals surface area contributed by atoms with E-state index < -0.39 is 0 Å². The molecule has 0 heterocycles. The van der Waals surface area contributed by atoms with Crippen LogP contribution in [0.1, 0.15) is 33.4 Å². The minimum absolute atomic E-state index is 0.266. The molecule has 0 aliphatic heterocycles. The smallest absolute Gasteiger partial charge is 0.208 e. The second-order valence-electron chi connectivity index (χ2n) is 12.6. The molecule has 0 amide bonds. The summed E-state index contributed by atoms with van der Waals surface area (Å²) in [5, 5.41) is -0.266. The quantitative estimate of drug-likeness (QED) is 0.0567. The number of benzene rings is 6. The monoisotopic (exact) mass is 780 g/mol. The fourth-order valence-electron chi connectivity index (χ4n) is 5.42. The van der Waals surface area contributed by atoms with Crippen molar-refractivity contribution in [3.05, 3.63) is 216 Å². The molecule has 296 valence electrons. The van der Waals surface area contributed by atoms with Gasteiger partial charge in [-0.25, -0.2) is 14.5 Å². The maximum atomic E-state index is 6.31. The van der Waals surface area contributed by atoms with Gasteiger partial charge in [0.05, 0.1) is 21.3 Å². The second kappa shape index (κ2) is 21.7. The summed E-state index contributed by atoms with van der Waals surface area (Å²) >= 11 is 0. The van der Waals surface area contributed by atoms with Crippen LogP contribution in [0.2, 0.25) is 0 Å². The number of methoxy groups -OCH3 is 3. The summed E-state index contributed by atoms with van der Waals surface area (Å²) < 4.78 is 35.1. The van der Waals surface area contributed by atoms with E-state index in [2.05, 4.69) is 0 Å². The van der Waals surface area contributed by atoms with Crippen LogP contribution in [-0.4, -0.2) is 21.3 Å². The first-order valence-corrected chi connectivity index (χ1v) is 18.5. The molecule has 0 bridgehead atoms. The zero-order chi connectivity index (χ0) is 40.2. The van der Waals surface area contributed by atoms with Crippen molar-refractivity contribution in [1.29, 1.82) is 0 Å². The van der Waals surface area contributed by atoms with E-state index in [1.54, 1.807) is 21.3 Å². The molecule has 0 saturated carbocycles. The van der Waals surface area contributed by atoms with Crippen LogP contribution < -0.4 is 19.6 Å². The van der Waals surface area contributed by atoms with E-state index in [9.17, 15) is 0 Å². The average Bonchev–Trinajstić information content (AvgIpc) is 3.30. The number of quaternary nitrogens is 1. The van der Waals surface area contributed by atoms with Gasteiger partial charge in [0.2, 0.25) is 24.2 Å². The van der Waals surface area contributed by atoms with Crippen molar-refractivity contribution in [2.75, 3.05) is 21.3 Å². The van der Waals surface area contributed by atoms with E-state index in [1.807, 2.05) is 164 Å². The highest BCUT2D eigenvalue weighted by Crippen LogP contribution is 2.24. The average molecular weight is 781 g/mol. The third-order valence-electron chi connectivity index (χ3n) is 8.62. The Morgan fingerprint density at radius 3 is 0.862 bits per heavy atom. The number of rotatable bonds is 21. The molecule has 0 aromatic heterocycles. The van der Waals surface area contributed by atoms with Crippen LogP contribution in [0.5, 0.6) is 17.2 Å². The van der Waals surface area contributed by atoms with E-state index in [0.717, 1.165) is 33.4 Å². The van der Waals surface area contributed by atoms with Gasteiger partial charge in [-0.2, -0.15) is 0 Å². The summed E-state index contributed by atoms with van der Waals surface area (Å²) in [7, 11) is 4.85. The Bertz CT molecular complexity index is 1940. The van der Waals surface area contributed by atoms with Gasteiger partial charge in [-0.3, -0.25) is 0 Å². The maximum Gasteiger partial charge on any atom is 0.208 e. The van der Waals surface area contributed by atoms with Crippen LogP contribution in [0.4, 0.5) is 0 Å². The zero-order valence-corrected chi connectivity index (χ0v) is 32.6. The third kappa shape index (κ3) is 12.4. The summed E-state index contributed by atoms with van der Waals surface area (Å²) in [6.45, 7) is 0.842. The van der Waals surface area contributed by atoms with Crippen LogP contribution in [0.3, 0.4) is 0 Å². The molecular weight excluding hydrogens is 735 g/mol. The fourth-order valence-corrected chi connectivity index (χ4v) is 5.42. The number of ether oxygens (including phenoxy) is 6. The molecule has 58 heavy (non-hydrogen) atoms. The van der Waals surface area contributed by atoms with E-state index in [1.165, 1.54) is 18.8 Å². The van der Waals surface area contributed by atoms with Crippen molar-refractivity contribution < 1.29 is 48.3 Å². The molecule has 6 aromatic rings. The Balaban J connectivity index is 1.34. The largest absolute Gasteiger partial charge is 0.497 e.